The van der Waals surface area contributed by atoms with Crippen LogP contribution in [0.25, 0.3) is 0 Å². The summed E-state index contributed by atoms with van der Waals surface area (Å²) in [6.07, 6.45) is 10.2. The molecule has 6 heteroatoms. The lowest BCUT2D eigenvalue weighted by Gasteiger charge is -2.21. The topological polar surface area (TPSA) is 53.9 Å². The van der Waals surface area contributed by atoms with Crippen molar-refractivity contribution in [1.82, 2.24) is 15.0 Å². The third kappa shape index (κ3) is 4.07. The molecule has 0 radical (unpaired) electrons. The molecular formula is C16H20ClN5. The number of rotatable bonds is 4. The van der Waals surface area contributed by atoms with Crippen molar-refractivity contribution in [3.05, 3.63) is 41.3 Å². The van der Waals surface area contributed by atoms with Gasteiger partial charge in [0.2, 0.25) is 5.95 Å². The summed E-state index contributed by atoms with van der Waals surface area (Å²) in [5, 5.41) is 3.74. The number of pyridine rings is 1. The zero-order valence-electron chi connectivity index (χ0n) is 12.5. The van der Waals surface area contributed by atoms with Crippen LogP contribution in [0.4, 0.5) is 11.8 Å². The second-order valence-corrected chi connectivity index (χ2v) is 5.94. The summed E-state index contributed by atoms with van der Waals surface area (Å²) in [6, 6.07) is 4.17. The predicted molar refractivity (Wildman–Crippen MR) is 89.3 cm³/mol. The van der Waals surface area contributed by atoms with E-state index in [0.29, 0.717) is 17.5 Å². The molecule has 0 amide bonds. The Bertz CT molecular complexity index is 594. The van der Waals surface area contributed by atoms with E-state index in [2.05, 4.69) is 31.2 Å². The molecular weight excluding hydrogens is 298 g/mol. The minimum absolute atomic E-state index is 0.540. The first-order chi connectivity index (χ1) is 10.8. The Balaban J connectivity index is 1.64. The highest BCUT2D eigenvalue weighted by Crippen LogP contribution is 2.18. The summed E-state index contributed by atoms with van der Waals surface area (Å²) in [6.45, 7) is 2.87. The van der Waals surface area contributed by atoms with Gasteiger partial charge in [-0.25, -0.2) is 15.0 Å². The van der Waals surface area contributed by atoms with E-state index in [1.165, 1.54) is 31.2 Å². The first-order valence-electron chi connectivity index (χ1n) is 7.72. The number of anilines is 2. The van der Waals surface area contributed by atoms with Crippen molar-refractivity contribution in [3.8, 4) is 0 Å². The molecule has 2 aromatic heterocycles. The largest absolute Gasteiger partial charge is 0.357 e. The van der Waals surface area contributed by atoms with Crippen LogP contribution in [0, 0.1) is 0 Å². The van der Waals surface area contributed by atoms with E-state index in [-0.39, 0.29) is 0 Å². The monoisotopic (exact) mass is 317 g/mol. The van der Waals surface area contributed by atoms with E-state index in [1.54, 1.807) is 12.4 Å². The van der Waals surface area contributed by atoms with Gasteiger partial charge in [0.05, 0.1) is 17.4 Å². The van der Waals surface area contributed by atoms with Gasteiger partial charge in [0.1, 0.15) is 5.82 Å². The average molecular weight is 318 g/mol. The van der Waals surface area contributed by atoms with Gasteiger partial charge in [-0.1, -0.05) is 24.4 Å². The average Bonchev–Trinajstić information content (AvgIpc) is 2.84. The predicted octanol–water partition coefficient (Wildman–Crippen LogP) is 3.52. The molecule has 0 aliphatic carbocycles. The second kappa shape index (κ2) is 7.40. The molecule has 1 aliphatic rings. The zero-order chi connectivity index (χ0) is 15.2. The van der Waals surface area contributed by atoms with Gasteiger partial charge in [-0.3, -0.25) is 0 Å². The summed E-state index contributed by atoms with van der Waals surface area (Å²) in [4.78, 5) is 15.2. The van der Waals surface area contributed by atoms with E-state index >= 15 is 0 Å². The molecule has 1 N–H and O–H groups in total. The fraction of sp³-hybridized carbons (Fsp3) is 0.438. The summed E-state index contributed by atoms with van der Waals surface area (Å²) in [5.74, 6) is 1.65. The Kier molecular flexibility index (Phi) is 5.06. The first-order valence-corrected chi connectivity index (χ1v) is 8.10. The molecule has 0 bridgehead atoms. The van der Waals surface area contributed by atoms with Crippen molar-refractivity contribution in [3.63, 3.8) is 0 Å². The highest BCUT2D eigenvalue weighted by atomic mass is 35.5. The number of nitrogens with zero attached hydrogens (tertiary/aromatic N) is 4. The third-order valence-corrected chi connectivity index (χ3v) is 4.01. The minimum atomic E-state index is 0.540. The van der Waals surface area contributed by atoms with Gasteiger partial charge in [0.15, 0.2) is 0 Å². The Hall–Kier alpha value is -1.88. The summed E-state index contributed by atoms with van der Waals surface area (Å²) in [7, 11) is 0. The van der Waals surface area contributed by atoms with Crippen molar-refractivity contribution < 1.29 is 0 Å². The Labute approximate surface area is 135 Å². The minimum Gasteiger partial charge on any atom is -0.357 e. The SMILES string of the molecule is Clc1cnc(NCc2ccnc(N3CCCCCC3)c2)nc1. The molecule has 0 aromatic carbocycles. The molecule has 3 rings (SSSR count). The van der Waals surface area contributed by atoms with Gasteiger partial charge in [-0.05, 0) is 30.5 Å². The summed E-state index contributed by atoms with van der Waals surface area (Å²) >= 11 is 5.78. The number of aromatic nitrogens is 3. The van der Waals surface area contributed by atoms with Gasteiger partial charge >= 0.3 is 0 Å². The van der Waals surface area contributed by atoms with Crippen LogP contribution in [0.15, 0.2) is 30.7 Å². The van der Waals surface area contributed by atoms with Crippen molar-refractivity contribution in [2.24, 2.45) is 0 Å². The van der Waals surface area contributed by atoms with Crippen LogP contribution in [0.1, 0.15) is 31.2 Å². The maximum Gasteiger partial charge on any atom is 0.222 e. The lowest BCUT2D eigenvalue weighted by Crippen LogP contribution is -2.25. The standard InChI is InChI=1S/C16H20ClN5/c17-14-11-20-16(21-12-14)19-10-13-5-6-18-15(9-13)22-7-3-1-2-4-8-22/h5-6,9,11-12H,1-4,7-8,10H2,(H,19,20,21). The molecule has 2 aromatic rings. The Morgan fingerprint density at radius 2 is 1.77 bits per heavy atom. The van der Waals surface area contributed by atoms with Crippen LogP contribution >= 0.6 is 11.6 Å². The van der Waals surface area contributed by atoms with E-state index < -0.39 is 0 Å². The van der Waals surface area contributed by atoms with Crippen LogP contribution in [0.2, 0.25) is 5.02 Å². The van der Waals surface area contributed by atoms with E-state index in [0.717, 1.165) is 18.9 Å². The van der Waals surface area contributed by atoms with Crippen molar-refractivity contribution in [1.29, 1.82) is 0 Å². The normalized spacial score (nSPS) is 15.4. The van der Waals surface area contributed by atoms with E-state index in [9.17, 15) is 0 Å². The highest BCUT2D eigenvalue weighted by Gasteiger charge is 2.11. The lowest BCUT2D eigenvalue weighted by atomic mass is 10.2. The smallest absolute Gasteiger partial charge is 0.222 e. The van der Waals surface area contributed by atoms with Crippen LogP contribution in [0.3, 0.4) is 0 Å². The van der Waals surface area contributed by atoms with Crippen molar-refractivity contribution in [2.45, 2.75) is 32.2 Å². The van der Waals surface area contributed by atoms with Gasteiger partial charge < -0.3 is 10.2 Å². The lowest BCUT2D eigenvalue weighted by molar-refractivity contribution is 0.726. The fourth-order valence-corrected chi connectivity index (χ4v) is 2.73. The quantitative estimate of drug-likeness (QED) is 0.935. The molecule has 0 atom stereocenters. The fourth-order valence-electron chi connectivity index (χ4n) is 2.63. The number of hydrogen-bond acceptors (Lipinski definition) is 5. The van der Waals surface area contributed by atoms with Gasteiger partial charge in [0.25, 0.3) is 0 Å². The third-order valence-electron chi connectivity index (χ3n) is 3.81. The molecule has 3 heterocycles. The molecule has 5 nitrogen and oxygen atoms in total. The molecule has 0 spiro atoms. The Morgan fingerprint density at radius 3 is 2.50 bits per heavy atom. The summed E-state index contributed by atoms with van der Waals surface area (Å²) in [5.41, 5.74) is 1.17. The highest BCUT2D eigenvalue weighted by molar-refractivity contribution is 6.30. The van der Waals surface area contributed by atoms with Crippen LogP contribution in [-0.2, 0) is 6.54 Å². The van der Waals surface area contributed by atoms with Crippen LogP contribution in [0.5, 0.6) is 0 Å². The van der Waals surface area contributed by atoms with Crippen molar-refractivity contribution in [2.75, 3.05) is 23.3 Å². The van der Waals surface area contributed by atoms with Crippen LogP contribution < -0.4 is 10.2 Å². The molecule has 22 heavy (non-hydrogen) atoms. The van der Waals surface area contributed by atoms with Crippen LogP contribution in [-0.4, -0.2) is 28.0 Å². The second-order valence-electron chi connectivity index (χ2n) is 5.50. The summed E-state index contributed by atoms with van der Waals surface area (Å²) < 4.78 is 0. The number of nitrogens with one attached hydrogen (secondary N) is 1. The molecule has 116 valence electrons. The van der Waals surface area contributed by atoms with E-state index in [4.69, 9.17) is 11.6 Å². The van der Waals surface area contributed by atoms with Crippen molar-refractivity contribution >= 4 is 23.4 Å². The first kappa shape index (κ1) is 15.0. The van der Waals surface area contributed by atoms with Gasteiger partial charge in [-0.15, -0.1) is 0 Å². The molecule has 1 aliphatic heterocycles. The van der Waals surface area contributed by atoms with Gasteiger partial charge in [0, 0.05) is 25.8 Å². The molecule has 1 saturated heterocycles. The molecule has 0 saturated carbocycles. The Morgan fingerprint density at radius 1 is 1.05 bits per heavy atom. The van der Waals surface area contributed by atoms with E-state index in [1.807, 2.05) is 12.3 Å². The molecule has 0 unspecified atom stereocenters. The van der Waals surface area contributed by atoms with Gasteiger partial charge in [-0.2, -0.15) is 0 Å². The maximum atomic E-state index is 5.78. The maximum absolute atomic E-state index is 5.78. The molecule has 1 fully saturated rings. The number of hydrogen-bond donors (Lipinski definition) is 1. The zero-order valence-corrected chi connectivity index (χ0v) is 13.3. The number of halogens is 1.